The molecule has 9 nitrogen and oxygen atoms in total. The Bertz CT molecular complexity index is 1370. The quantitative estimate of drug-likeness (QED) is 0.164. The second kappa shape index (κ2) is 10.7. The molecule has 0 aliphatic carbocycles. The van der Waals surface area contributed by atoms with Crippen LogP contribution in [-0.4, -0.2) is 30.0 Å². The van der Waals surface area contributed by atoms with Crippen LogP contribution < -0.4 is 14.2 Å². The van der Waals surface area contributed by atoms with Crippen molar-refractivity contribution >= 4 is 23.6 Å². The number of hydrogen-bond donors (Lipinski definition) is 0. The van der Waals surface area contributed by atoms with Gasteiger partial charge in [-0.05, 0) is 74.0 Å². The molecule has 0 bridgehead atoms. The summed E-state index contributed by atoms with van der Waals surface area (Å²) in [5.74, 6) is 0.152. The van der Waals surface area contributed by atoms with E-state index in [9.17, 15) is 19.3 Å². The molecule has 4 rings (SSSR count). The molecule has 0 aromatic heterocycles. The number of nitro groups is 1. The number of carbonyl (C=O) groups excluding carboxylic acids is 1. The maximum Gasteiger partial charge on any atom is 0.363 e. The van der Waals surface area contributed by atoms with Gasteiger partial charge in [-0.1, -0.05) is 6.07 Å². The first kappa shape index (κ1) is 24.4. The number of ether oxygens (including phenoxy) is 4. The van der Waals surface area contributed by atoms with Crippen molar-refractivity contribution in [1.29, 1.82) is 0 Å². The highest BCUT2D eigenvalue weighted by atomic mass is 19.1. The Kier molecular flexibility index (Phi) is 7.24. The monoisotopic (exact) mass is 492 g/mol. The third-order valence-corrected chi connectivity index (χ3v) is 4.94. The molecule has 0 radical (unpaired) electrons. The Morgan fingerprint density at radius 1 is 0.972 bits per heavy atom. The highest BCUT2D eigenvalue weighted by Gasteiger charge is 2.26. The van der Waals surface area contributed by atoms with E-state index in [0.717, 1.165) is 0 Å². The van der Waals surface area contributed by atoms with Crippen LogP contribution in [0.15, 0.2) is 71.4 Å². The fourth-order valence-electron chi connectivity index (χ4n) is 3.36. The molecule has 0 saturated carbocycles. The molecule has 3 aromatic rings. The minimum atomic E-state index is -0.703. The number of nitro benzene ring substituents is 1. The molecule has 0 N–H and O–H groups in total. The van der Waals surface area contributed by atoms with Crippen molar-refractivity contribution in [2.45, 2.75) is 13.8 Å². The predicted octanol–water partition coefficient (Wildman–Crippen LogP) is 5.67. The van der Waals surface area contributed by atoms with Gasteiger partial charge in [0.25, 0.3) is 0 Å². The molecule has 0 fully saturated rings. The molecule has 3 aromatic carbocycles. The van der Waals surface area contributed by atoms with E-state index >= 15 is 0 Å². The topological polar surface area (TPSA) is 109 Å². The number of aliphatic imine (C=N–C) groups is 1. The first-order valence-corrected chi connectivity index (χ1v) is 11.0. The maximum absolute atomic E-state index is 13.1. The molecule has 1 aliphatic rings. The average molecular weight is 492 g/mol. The summed E-state index contributed by atoms with van der Waals surface area (Å²) < 4.78 is 35.1. The average Bonchev–Trinajstić information content (AvgIpc) is 3.22. The van der Waals surface area contributed by atoms with Gasteiger partial charge in [-0.15, -0.1) is 0 Å². The Hall–Kier alpha value is -4.73. The highest BCUT2D eigenvalue weighted by molar-refractivity contribution is 6.13. The molecule has 0 atom stereocenters. The van der Waals surface area contributed by atoms with Gasteiger partial charge in [0.05, 0.1) is 18.1 Å². The summed E-state index contributed by atoms with van der Waals surface area (Å²) in [5, 5.41) is 11.6. The van der Waals surface area contributed by atoms with Crippen molar-refractivity contribution in [2.75, 3.05) is 13.2 Å². The minimum absolute atomic E-state index is 0.0293. The van der Waals surface area contributed by atoms with Crippen molar-refractivity contribution in [3.05, 3.63) is 93.4 Å². The summed E-state index contributed by atoms with van der Waals surface area (Å²) in [6.07, 6.45) is 1.38. The van der Waals surface area contributed by atoms with E-state index in [1.54, 1.807) is 18.2 Å². The van der Waals surface area contributed by atoms with Crippen LogP contribution in [0.25, 0.3) is 6.08 Å². The van der Waals surface area contributed by atoms with Crippen molar-refractivity contribution in [3.63, 3.8) is 0 Å². The third-order valence-electron chi connectivity index (χ3n) is 4.94. The number of halogens is 1. The summed E-state index contributed by atoms with van der Waals surface area (Å²) in [5.41, 5.74) is 0.481. The fraction of sp³-hybridized carbons (Fsp3) is 0.154. The number of hydrogen-bond acceptors (Lipinski definition) is 8. The van der Waals surface area contributed by atoms with Gasteiger partial charge in [0.2, 0.25) is 11.6 Å². The fourth-order valence-corrected chi connectivity index (χ4v) is 3.36. The van der Waals surface area contributed by atoms with E-state index in [2.05, 4.69) is 4.99 Å². The molecule has 1 aliphatic heterocycles. The zero-order chi connectivity index (χ0) is 25.7. The smallest absolute Gasteiger partial charge is 0.363 e. The SMILES string of the molecule is CCOc1ccc(C2=N/C(=C\c3ccc(Oc4ccc(F)cc4)c([N+](=O)[O-])c3)C(=O)O2)cc1OCC. The van der Waals surface area contributed by atoms with Crippen LogP contribution in [0.3, 0.4) is 0 Å². The molecule has 0 saturated heterocycles. The lowest BCUT2D eigenvalue weighted by molar-refractivity contribution is -0.385. The molecule has 0 spiro atoms. The van der Waals surface area contributed by atoms with Crippen LogP contribution in [0.4, 0.5) is 10.1 Å². The van der Waals surface area contributed by atoms with Crippen molar-refractivity contribution in [3.8, 4) is 23.0 Å². The lowest BCUT2D eigenvalue weighted by atomic mass is 10.1. The van der Waals surface area contributed by atoms with Gasteiger partial charge in [0.1, 0.15) is 11.6 Å². The highest BCUT2D eigenvalue weighted by Crippen LogP contribution is 2.34. The van der Waals surface area contributed by atoms with Gasteiger partial charge < -0.3 is 18.9 Å². The van der Waals surface area contributed by atoms with E-state index in [1.807, 2.05) is 13.8 Å². The molecular weight excluding hydrogens is 471 g/mol. The zero-order valence-corrected chi connectivity index (χ0v) is 19.4. The number of cyclic esters (lactones) is 1. The van der Waals surface area contributed by atoms with E-state index in [0.29, 0.717) is 35.8 Å². The molecule has 36 heavy (non-hydrogen) atoms. The number of carbonyl (C=O) groups is 1. The van der Waals surface area contributed by atoms with Crippen LogP contribution in [0.5, 0.6) is 23.0 Å². The number of benzene rings is 3. The summed E-state index contributed by atoms with van der Waals surface area (Å²) in [6.45, 7) is 4.57. The van der Waals surface area contributed by atoms with Crippen LogP contribution in [-0.2, 0) is 9.53 Å². The Morgan fingerprint density at radius 3 is 2.36 bits per heavy atom. The van der Waals surface area contributed by atoms with Gasteiger partial charge in [-0.2, -0.15) is 0 Å². The first-order chi connectivity index (χ1) is 17.4. The van der Waals surface area contributed by atoms with Crippen LogP contribution >= 0.6 is 0 Å². The van der Waals surface area contributed by atoms with Crippen LogP contribution in [0, 0.1) is 15.9 Å². The normalized spacial score (nSPS) is 13.8. The second-order valence-corrected chi connectivity index (χ2v) is 7.40. The van der Waals surface area contributed by atoms with Gasteiger partial charge in [-0.25, -0.2) is 14.2 Å². The first-order valence-electron chi connectivity index (χ1n) is 11.0. The minimum Gasteiger partial charge on any atom is -0.490 e. The molecule has 0 amide bonds. The lowest BCUT2D eigenvalue weighted by Crippen LogP contribution is -2.06. The molecule has 184 valence electrons. The molecule has 0 unspecified atom stereocenters. The third kappa shape index (κ3) is 5.49. The lowest BCUT2D eigenvalue weighted by Gasteiger charge is -2.11. The maximum atomic E-state index is 13.1. The van der Waals surface area contributed by atoms with Crippen molar-refractivity contribution < 1.29 is 33.1 Å². The van der Waals surface area contributed by atoms with Crippen molar-refractivity contribution in [2.24, 2.45) is 4.99 Å². The van der Waals surface area contributed by atoms with Gasteiger partial charge in [-0.3, -0.25) is 10.1 Å². The number of rotatable bonds is 9. The van der Waals surface area contributed by atoms with Gasteiger partial charge in [0.15, 0.2) is 17.2 Å². The summed E-state index contributed by atoms with van der Waals surface area (Å²) in [7, 11) is 0. The van der Waals surface area contributed by atoms with E-state index in [4.69, 9.17) is 18.9 Å². The standard InChI is InChI=1S/C26H21FN2O7/c1-3-33-23-12-6-17(15-24(23)34-4-2)25-28-20(26(30)36-25)13-16-5-11-22(21(14-16)29(31)32)35-19-9-7-18(27)8-10-19/h5-15H,3-4H2,1-2H3/b20-13-. The number of esters is 1. The molecule has 1 heterocycles. The van der Waals surface area contributed by atoms with E-state index < -0.39 is 16.7 Å². The van der Waals surface area contributed by atoms with E-state index in [1.165, 1.54) is 48.5 Å². The summed E-state index contributed by atoms with van der Waals surface area (Å²) in [6, 6.07) is 14.3. The second-order valence-electron chi connectivity index (χ2n) is 7.40. The Morgan fingerprint density at radius 2 is 1.67 bits per heavy atom. The summed E-state index contributed by atoms with van der Waals surface area (Å²) >= 11 is 0. The van der Waals surface area contributed by atoms with Crippen LogP contribution in [0.2, 0.25) is 0 Å². The summed E-state index contributed by atoms with van der Waals surface area (Å²) in [4.78, 5) is 27.7. The number of nitrogens with zero attached hydrogens (tertiary/aromatic N) is 2. The van der Waals surface area contributed by atoms with Gasteiger partial charge in [0, 0.05) is 11.6 Å². The molecule has 10 heteroatoms. The molecular formula is C26H21FN2O7. The van der Waals surface area contributed by atoms with Gasteiger partial charge >= 0.3 is 11.7 Å². The zero-order valence-electron chi connectivity index (χ0n) is 19.4. The van der Waals surface area contributed by atoms with Crippen LogP contribution in [0.1, 0.15) is 25.0 Å². The Labute approximate surface area is 205 Å². The van der Waals surface area contributed by atoms with Crippen molar-refractivity contribution in [1.82, 2.24) is 0 Å². The van der Waals surface area contributed by atoms with E-state index in [-0.39, 0.29) is 28.8 Å². The predicted molar refractivity (Wildman–Crippen MR) is 129 cm³/mol. The largest absolute Gasteiger partial charge is 0.490 e. The Balaban J connectivity index is 1.62.